The lowest BCUT2D eigenvalue weighted by molar-refractivity contribution is -0.139. The summed E-state index contributed by atoms with van der Waals surface area (Å²) in [5.74, 6) is -1.30. The number of benzene rings is 1. The normalized spacial score (nSPS) is 13.5. The molecule has 1 aromatic rings. The van der Waals surface area contributed by atoms with E-state index < -0.39 is 35.3 Å². The summed E-state index contributed by atoms with van der Waals surface area (Å²) in [7, 11) is 0. The highest BCUT2D eigenvalue weighted by Gasteiger charge is 2.33. The van der Waals surface area contributed by atoms with Crippen LogP contribution in [0, 0.1) is 0 Å². The largest absolute Gasteiger partial charge is 0.481 e. The molecule has 0 saturated heterocycles. The third-order valence-electron chi connectivity index (χ3n) is 2.05. The van der Waals surface area contributed by atoms with E-state index in [4.69, 9.17) is 16.7 Å². The van der Waals surface area contributed by atoms with Crippen LogP contribution < -0.4 is 0 Å². The van der Waals surface area contributed by atoms with Crippen LogP contribution in [0.1, 0.15) is 23.7 Å². The first-order chi connectivity index (χ1) is 7.71. The van der Waals surface area contributed by atoms with Crippen molar-refractivity contribution in [3.8, 4) is 0 Å². The molecule has 0 aromatic heterocycles. The fraction of sp³-hybridized carbons (Fsp3) is 0.300. The van der Waals surface area contributed by atoms with Crippen LogP contribution in [0.15, 0.2) is 18.2 Å². The Hall–Kier alpha value is -1.27. The van der Waals surface area contributed by atoms with Gasteiger partial charge < -0.3 is 10.2 Å². The number of carbonyl (C=O) groups is 1. The first-order valence-electron chi connectivity index (χ1n) is 4.48. The maximum Gasteiger partial charge on any atom is 0.417 e. The third kappa shape index (κ3) is 3.61. The molecule has 3 nitrogen and oxygen atoms in total. The van der Waals surface area contributed by atoms with E-state index in [1.54, 1.807) is 0 Å². The van der Waals surface area contributed by atoms with Crippen LogP contribution in [0.2, 0.25) is 5.02 Å². The molecule has 0 fully saturated rings. The molecule has 0 amide bonds. The molecule has 94 valence electrons. The van der Waals surface area contributed by atoms with Crippen molar-refractivity contribution >= 4 is 17.6 Å². The molecule has 1 aromatic carbocycles. The molecule has 1 atom stereocenters. The van der Waals surface area contributed by atoms with Crippen molar-refractivity contribution in [3.05, 3.63) is 34.3 Å². The molecule has 17 heavy (non-hydrogen) atoms. The highest BCUT2D eigenvalue weighted by Crippen LogP contribution is 2.36. The molecule has 0 aliphatic heterocycles. The van der Waals surface area contributed by atoms with E-state index in [1.165, 1.54) is 0 Å². The van der Waals surface area contributed by atoms with Crippen molar-refractivity contribution in [2.45, 2.75) is 18.7 Å². The van der Waals surface area contributed by atoms with Crippen LogP contribution >= 0.6 is 11.6 Å². The second-order valence-corrected chi connectivity index (χ2v) is 3.76. The fourth-order valence-corrected chi connectivity index (χ4v) is 1.48. The van der Waals surface area contributed by atoms with Gasteiger partial charge in [0, 0.05) is 0 Å². The SMILES string of the molecule is O=C(O)C[C@@H](O)c1ccc(Cl)c(C(F)(F)F)c1. The molecule has 0 radical (unpaired) electrons. The zero-order valence-corrected chi connectivity index (χ0v) is 9.09. The lowest BCUT2D eigenvalue weighted by Gasteiger charge is -2.13. The Labute approximate surface area is 99.4 Å². The van der Waals surface area contributed by atoms with E-state index in [0.717, 1.165) is 12.1 Å². The number of aliphatic hydroxyl groups excluding tert-OH is 1. The Bertz CT molecular complexity index is 431. The molecule has 1 rings (SSSR count). The first-order valence-corrected chi connectivity index (χ1v) is 4.86. The monoisotopic (exact) mass is 268 g/mol. The summed E-state index contributed by atoms with van der Waals surface area (Å²) in [6.45, 7) is 0. The van der Waals surface area contributed by atoms with Crippen molar-refractivity contribution in [2.24, 2.45) is 0 Å². The van der Waals surface area contributed by atoms with E-state index in [9.17, 15) is 23.1 Å². The van der Waals surface area contributed by atoms with Crippen molar-refractivity contribution < 1.29 is 28.2 Å². The van der Waals surface area contributed by atoms with Crippen LogP contribution in [0.3, 0.4) is 0 Å². The Morgan fingerprint density at radius 3 is 2.47 bits per heavy atom. The Balaban J connectivity index is 3.08. The Kier molecular flexibility index (Phi) is 4.00. The van der Waals surface area contributed by atoms with Gasteiger partial charge in [-0.05, 0) is 17.7 Å². The minimum Gasteiger partial charge on any atom is -0.481 e. The third-order valence-corrected chi connectivity index (χ3v) is 2.38. The molecule has 7 heteroatoms. The zero-order chi connectivity index (χ0) is 13.2. The number of hydrogen-bond donors (Lipinski definition) is 2. The summed E-state index contributed by atoms with van der Waals surface area (Å²) in [5, 5.41) is 17.3. The molecular weight excluding hydrogens is 261 g/mol. The zero-order valence-electron chi connectivity index (χ0n) is 8.33. The van der Waals surface area contributed by atoms with Crippen molar-refractivity contribution in [3.63, 3.8) is 0 Å². The van der Waals surface area contributed by atoms with Crippen LogP contribution in [-0.2, 0) is 11.0 Å². The van der Waals surface area contributed by atoms with Gasteiger partial charge in [0.1, 0.15) is 0 Å². The van der Waals surface area contributed by atoms with Gasteiger partial charge in [0.15, 0.2) is 0 Å². The highest BCUT2D eigenvalue weighted by molar-refractivity contribution is 6.31. The highest BCUT2D eigenvalue weighted by atomic mass is 35.5. The summed E-state index contributed by atoms with van der Waals surface area (Å²) in [4.78, 5) is 10.3. The Morgan fingerprint density at radius 1 is 1.41 bits per heavy atom. The quantitative estimate of drug-likeness (QED) is 0.886. The molecule has 0 heterocycles. The number of hydrogen-bond acceptors (Lipinski definition) is 2. The molecule has 0 unspecified atom stereocenters. The molecule has 0 bridgehead atoms. The van der Waals surface area contributed by atoms with E-state index in [2.05, 4.69) is 0 Å². The standard InChI is InChI=1S/C10H8ClF3O3/c11-7-2-1-5(8(15)4-9(16)17)3-6(7)10(12,13)14/h1-3,8,15H,4H2,(H,16,17)/t8-/m1/s1. The summed E-state index contributed by atoms with van der Waals surface area (Å²) in [5.41, 5.74) is -1.23. The van der Waals surface area contributed by atoms with Gasteiger partial charge in [-0.3, -0.25) is 4.79 Å². The maximum atomic E-state index is 12.5. The van der Waals surface area contributed by atoms with Gasteiger partial charge in [0.25, 0.3) is 0 Å². The van der Waals surface area contributed by atoms with E-state index in [0.29, 0.717) is 6.07 Å². The van der Waals surface area contributed by atoms with Gasteiger partial charge in [0.05, 0.1) is 23.1 Å². The van der Waals surface area contributed by atoms with Gasteiger partial charge in [-0.25, -0.2) is 0 Å². The van der Waals surface area contributed by atoms with Crippen LogP contribution in [0.4, 0.5) is 13.2 Å². The predicted molar refractivity (Wildman–Crippen MR) is 53.7 cm³/mol. The van der Waals surface area contributed by atoms with E-state index >= 15 is 0 Å². The van der Waals surface area contributed by atoms with Gasteiger partial charge >= 0.3 is 12.1 Å². The average molecular weight is 269 g/mol. The molecule has 2 N–H and O–H groups in total. The summed E-state index contributed by atoms with van der Waals surface area (Å²) >= 11 is 5.37. The smallest absolute Gasteiger partial charge is 0.417 e. The van der Waals surface area contributed by atoms with Gasteiger partial charge in [-0.1, -0.05) is 17.7 Å². The van der Waals surface area contributed by atoms with E-state index in [-0.39, 0.29) is 5.56 Å². The number of carboxylic acid groups (broad SMARTS) is 1. The van der Waals surface area contributed by atoms with E-state index in [1.807, 2.05) is 0 Å². The Morgan fingerprint density at radius 2 is 2.00 bits per heavy atom. The fourth-order valence-electron chi connectivity index (χ4n) is 1.25. The van der Waals surface area contributed by atoms with Crippen LogP contribution in [-0.4, -0.2) is 16.2 Å². The average Bonchev–Trinajstić information content (AvgIpc) is 2.15. The maximum absolute atomic E-state index is 12.5. The van der Waals surface area contributed by atoms with Crippen LogP contribution in [0.25, 0.3) is 0 Å². The van der Waals surface area contributed by atoms with Crippen molar-refractivity contribution in [1.82, 2.24) is 0 Å². The van der Waals surface area contributed by atoms with Crippen molar-refractivity contribution in [1.29, 1.82) is 0 Å². The van der Waals surface area contributed by atoms with Crippen LogP contribution in [0.5, 0.6) is 0 Å². The summed E-state index contributed by atoms with van der Waals surface area (Å²) < 4.78 is 37.4. The summed E-state index contributed by atoms with van der Waals surface area (Å²) in [6.07, 6.45) is -6.81. The molecule has 0 aliphatic rings. The lowest BCUT2D eigenvalue weighted by Crippen LogP contribution is -2.10. The summed E-state index contributed by atoms with van der Waals surface area (Å²) in [6, 6.07) is 2.78. The minimum atomic E-state index is -4.64. The number of aliphatic hydroxyl groups is 1. The lowest BCUT2D eigenvalue weighted by atomic mass is 10.0. The van der Waals surface area contributed by atoms with Gasteiger partial charge in [-0.2, -0.15) is 13.2 Å². The molecule has 0 aliphatic carbocycles. The number of alkyl halides is 3. The molecule has 0 saturated carbocycles. The molecular formula is C10H8ClF3O3. The van der Waals surface area contributed by atoms with Gasteiger partial charge in [-0.15, -0.1) is 0 Å². The van der Waals surface area contributed by atoms with Crippen molar-refractivity contribution in [2.75, 3.05) is 0 Å². The molecule has 0 spiro atoms. The number of rotatable bonds is 3. The number of aliphatic carboxylic acids is 1. The predicted octanol–water partition coefficient (Wildman–Crippen LogP) is 2.87. The number of halogens is 4. The van der Waals surface area contributed by atoms with Gasteiger partial charge in [0.2, 0.25) is 0 Å². The number of carboxylic acids is 1. The first kappa shape index (κ1) is 13.8. The second kappa shape index (κ2) is 4.93. The topological polar surface area (TPSA) is 57.5 Å². The minimum absolute atomic E-state index is 0.135. The second-order valence-electron chi connectivity index (χ2n) is 3.35.